The van der Waals surface area contributed by atoms with E-state index in [2.05, 4.69) is 5.32 Å². The number of nitrogens with zero attached hydrogens (tertiary/aromatic N) is 2. The number of carboxylic acids is 1. The summed E-state index contributed by atoms with van der Waals surface area (Å²) in [6, 6.07) is 9.98. The molecule has 1 N–H and O–H groups in total. The van der Waals surface area contributed by atoms with Gasteiger partial charge in [-0.15, -0.1) is 0 Å². The zero-order valence-corrected chi connectivity index (χ0v) is 14.9. The van der Waals surface area contributed by atoms with E-state index in [0.717, 1.165) is 0 Å². The molecule has 2 aromatic rings. The van der Waals surface area contributed by atoms with Crippen molar-refractivity contribution in [1.29, 1.82) is 0 Å². The molecule has 1 aliphatic rings. The molecule has 3 rings (SSSR count). The number of amides is 2. The van der Waals surface area contributed by atoms with Crippen molar-refractivity contribution >= 4 is 34.8 Å². The van der Waals surface area contributed by atoms with Crippen LogP contribution in [0.15, 0.2) is 42.5 Å². The van der Waals surface area contributed by atoms with E-state index in [9.17, 15) is 29.6 Å². The van der Waals surface area contributed by atoms with Gasteiger partial charge in [-0.2, -0.15) is 0 Å². The maximum atomic E-state index is 12.5. The fourth-order valence-corrected chi connectivity index (χ4v) is 3.03. The van der Waals surface area contributed by atoms with Crippen LogP contribution in [0, 0.1) is 23.0 Å². The van der Waals surface area contributed by atoms with Crippen LogP contribution in [-0.2, 0) is 9.59 Å². The minimum atomic E-state index is -1.32. The van der Waals surface area contributed by atoms with Gasteiger partial charge in [0.15, 0.2) is 0 Å². The third-order valence-corrected chi connectivity index (χ3v) is 4.59. The third kappa shape index (κ3) is 3.83. The number of hydrogen-bond donors (Lipinski definition) is 1. The minimum absolute atomic E-state index is 0.0128. The Labute approximate surface area is 159 Å². The van der Waals surface area contributed by atoms with Crippen LogP contribution >= 0.6 is 0 Å². The number of carbonyl (C=O) groups is 3. The summed E-state index contributed by atoms with van der Waals surface area (Å²) in [5.41, 5.74) is 1.14. The van der Waals surface area contributed by atoms with E-state index in [1.54, 1.807) is 19.1 Å². The molecule has 28 heavy (non-hydrogen) atoms. The number of nitro groups is 1. The number of rotatable bonds is 5. The van der Waals surface area contributed by atoms with Gasteiger partial charge in [-0.3, -0.25) is 19.7 Å². The van der Waals surface area contributed by atoms with Gasteiger partial charge in [0.1, 0.15) is 0 Å². The number of benzene rings is 2. The van der Waals surface area contributed by atoms with Gasteiger partial charge in [-0.05, 0) is 30.7 Å². The first-order valence-corrected chi connectivity index (χ1v) is 8.44. The van der Waals surface area contributed by atoms with Crippen molar-refractivity contribution in [2.75, 3.05) is 16.8 Å². The van der Waals surface area contributed by atoms with Gasteiger partial charge in [0.25, 0.3) is 5.69 Å². The Kier molecular flexibility index (Phi) is 5.08. The third-order valence-electron chi connectivity index (χ3n) is 4.59. The maximum absolute atomic E-state index is 12.5. The molecular weight excluding hydrogens is 366 g/mol. The first kappa shape index (κ1) is 19.0. The molecule has 144 valence electrons. The van der Waals surface area contributed by atoms with Crippen LogP contribution in [0.25, 0.3) is 0 Å². The fourth-order valence-electron chi connectivity index (χ4n) is 3.03. The fraction of sp³-hybridized carbons (Fsp3) is 0.211. The highest BCUT2D eigenvalue weighted by Gasteiger charge is 2.35. The highest BCUT2D eigenvalue weighted by molar-refractivity contribution is 6.03. The summed E-state index contributed by atoms with van der Waals surface area (Å²) < 4.78 is 0. The van der Waals surface area contributed by atoms with Crippen LogP contribution < -0.4 is 15.3 Å². The molecular formula is C19H16N3O6-. The van der Waals surface area contributed by atoms with E-state index >= 15 is 0 Å². The molecule has 9 heteroatoms. The summed E-state index contributed by atoms with van der Waals surface area (Å²) in [5.74, 6) is -2.64. The second-order valence-electron chi connectivity index (χ2n) is 6.49. The maximum Gasteiger partial charge on any atom is 0.274 e. The predicted octanol–water partition coefficient (Wildman–Crippen LogP) is 1.26. The number of nitrogens with one attached hydrogen (secondary N) is 1. The number of hydrogen-bond acceptors (Lipinski definition) is 6. The van der Waals surface area contributed by atoms with Crippen molar-refractivity contribution in [3.63, 3.8) is 0 Å². The van der Waals surface area contributed by atoms with E-state index < -0.39 is 22.7 Å². The van der Waals surface area contributed by atoms with Crippen molar-refractivity contribution in [3.8, 4) is 0 Å². The standard InChI is InChI=1S/C19H17N3O6/c1-11-2-7-15(9-16(11)22(27)28)21-10-13(8-17(21)23)18(24)20-14-5-3-12(4-6-14)19(25)26/h2-7,9,13H,8,10H2,1H3,(H,20,24)(H,25,26)/p-1/t13-/m0/s1. The van der Waals surface area contributed by atoms with Gasteiger partial charge < -0.3 is 20.1 Å². The minimum Gasteiger partial charge on any atom is -0.545 e. The van der Waals surface area contributed by atoms with Gasteiger partial charge in [0, 0.05) is 30.3 Å². The van der Waals surface area contributed by atoms with Gasteiger partial charge in [-0.1, -0.05) is 18.2 Å². The van der Waals surface area contributed by atoms with Crippen LogP contribution in [0.3, 0.4) is 0 Å². The lowest BCUT2D eigenvalue weighted by atomic mass is 10.1. The van der Waals surface area contributed by atoms with Gasteiger partial charge in [0.05, 0.1) is 22.5 Å². The SMILES string of the molecule is Cc1ccc(N2C[C@@H](C(=O)Nc3ccc(C(=O)[O-])cc3)CC2=O)cc1[N+](=O)[O-]. The predicted molar refractivity (Wildman–Crippen MR) is 97.7 cm³/mol. The Morgan fingerprint density at radius 1 is 1.18 bits per heavy atom. The molecule has 2 amide bonds. The van der Waals surface area contributed by atoms with Crippen LogP contribution in [0.2, 0.25) is 0 Å². The molecule has 9 nitrogen and oxygen atoms in total. The largest absolute Gasteiger partial charge is 0.545 e. The summed E-state index contributed by atoms with van der Waals surface area (Å²) in [5, 5.41) is 24.5. The number of carbonyl (C=O) groups excluding carboxylic acids is 3. The van der Waals surface area contributed by atoms with E-state index in [0.29, 0.717) is 16.9 Å². The second-order valence-corrected chi connectivity index (χ2v) is 6.49. The lowest BCUT2D eigenvalue weighted by Gasteiger charge is -2.17. The van der Waals surface area contributed by atoms with Gasteiger partial charge >= 0.3 is 0 Å². The first-order valence-electron chi connectivity index (χ1n) is 8.44. The zero-order chi connectivity index (χ0) is 20.4. The Morgan fingerprint density at radius 3 is 2.46 bits per heavy atom. The van der Waals surface area contributed by atoms with Crippen LogP contribution in [0.5, 0.6) is 0 Å². The normalized spacial score (nSPS) is 16.1. The van der Waals surface area contributed by atoms with Gasteiger partial charge in [0.2, 0.25) is 11.8 Å². The molecule has 0 aliphatic carbocycles. The smallest absolute Gasteiger partial charge is 0.274 e. The molecule has 1 atom stereocenters. The Balaban J connectivity index is 1.71. The monoisotopic (exact) mass is 382 g/mol. The molecule has 2 aromatic carbocycles. The molecule has 0 bridgehead atoms. The number of aryl methyl sites for hydroxylation is 1. The van der Waals surface area contributed by atoms with Crippen LogP contribution in [0.4, 0.5) is 17.1 Å². The number of carboxylic acid groups (broad SMARTS) is 1. The molecule has 1 aliphatic heterocycles. The molecule has 0 aromatic heterocycles. The summed E-state index contributed by atoms with van der Waals surface area (Å²) in [6.07, 6.45) is -0.0232. The van der Waals surface area contributed by atoms with E-state index in [-0.39, 0.29) is 30.1 Å². The second kappa shape index (κ2) is 7.47. The van der Waals surface area contributed by atoms with Crippen LogP contribution in [-0.4, -0.2) is 29.3 Å². The zero-order valence-electron chi connectivity index (χ0n) is 14.9. The van der Waals surface area contributed by atoms with Crippen LogP contribution in [0.1, 0.15) is 22.3 Å². The summed E-state index contributed by atoms with van der Waals surface area (Å²) in [7, 11) is 0. The molecule has 1 heterocycles. The Bertz CT molecular complexity index is 970. The lowest BCUT2D eigenvalue weighted by Crippen LogP contribution is -2.28. The van der Waals surface area contributed by atoms with E-state index in [4.69, 9.17) is 0 Å². The van der Waals surface area contributed by atoms with Crippen molar-refractivity contribution in [3.05, 3.63) is 63.7 Å². The summed E-state index contributed by atoms with van der Waals surface area (Å²) >= 11 is 0. The van der Waals surface area contributed by atoms with Crippen molar-refractivity contribution in [1.82, 2.24) is 0 Å². The number of aromatic carboxylic acids is 1. The molecule has 0 saturated carbocycles. The molecule has 0 radical (unpaired) electrons. The van der Waals surface area contributed by atoms with E-state index in [1.807, 2.05) is 0 Å². The Morgan fingerprint density at radius 2 is 1.86 bits per heavy atom. The molecule has 0 spiro atoms. The number of anilines is 2. The van der Waals surface area contributed by atoms with Crippen molar-refractivity contribution < 1.29 is 24.4 Å². The first-order chi connectivity index (χ1) is 13.3. The number of nitro benzene ring substituents is 1. The average Bonchev–Trinajstić information content (AvgIpc) is 3.04. The summed E-state index contributed by atoms with van der Waals surface area (Å²) in [6.45, 7) is 1.71. The average molecular weight is 382 g/mol. The topological polar surface area (TPSA) is 133 Å². The van der Waals surface area contributed by atoms with Crippen molar-refractivity contribution in [2.24, 2.45) is 5.92 Å². The lowest BCUT2D eigenvalue weighted by molar-refractivity contribution is -0.385. The summed E-state index contributed by atoms with van der Waals surface area (Å²) in [4.78, 5) is 47.5. The molecule has 0 unspecified atom stereocenters. The van der Waals surface area contributed by atoms with Gasteiger partial charge in [-0.25, -0.2) is 0 Å². The molecule has 1 saturated heterocycles. The Hall–Kier alpha value is -3.75. The quantitative estimate of drug-likeness (QED) is 0.611. The highest BCUT2D eigenvalue weighted by Crippen LogP contribution is 2.30. The van der Waals surface area contributed by atoms with E-state index in [1.165, 1.54) is 35.2 Å². The van der Waals surface area contributed by atoms with Crippen molar-refractivity contribution in [2.45, 2.75) is 13.3 Å². The highest BCUT2D eigenvalue weighted by atomic mass is 16.6. The molecule has 1 fully saturated rings.